The molecule has 3 aromatic carbocycles. The molecule has 0 saturated carbocycles. The summed E-state index contributed by atoms with van der Waals surface area (Å²) >= 11 is 6.05. The Kier molecular flexibility index (Phi) is 11.0. The summed E-state index contributed by atoms with van der Waals surface area (Å²) in [5.74, 6) is -0.146. The minimum atomic E-state index is -1.26. The third-order valence-electron chi connectivity index (χ3n) is 6.82. The van der Waals surface area contributed by atoms with E-state index < -0.39 is 11.6 Å². The highest BCUT2D eigenvalue weighted by molar-refractivity contribution is 6.30. The van der Waals surface area contributed by atoms with E-state index in [1.165, 1.54) is 5.56 Å². The molecular formula is C32H38ClNO5. The molecule has 1 amide bonds. The van der Waals surface area contributed by atoms with Crippen molar-refractivity contribution in [1.82, 2.24) is 4.90 Å². The van der Waals surface area contributed by atoms with Gasteiger partial charge >= 0.3 is 5.97 Å². The lowest BCUT2D eigenvalue weighted by atomic mass is 9.91. The molecule has 0 bridgehead atoms. The number of carboxylic acids is 1. The Balaban J connectivity index is 1.69. The van der Waals surface area contributed by atoms with Crippen molar-refractivity contribution >= 4 is 23.5 Å². The van der Waals surface area contributed by atoms with Gasteiger partial charge < -0.3 is 19.5 Å². The van der Waals surface area contributed by atoms with Crippen LogP contribution in [0.1, 0.15) is 62.3 Å². The summed E-state index contributed by atoms with van der Waals surface area (Å²) in [6.07, 6.45) is 0.600. The smallest absolute Gasteiger partial charge is 0.336 e. The summed E-state index contributed by atoms with van der Waals surface area (Å²) in [4.78, 5) is 27.0. The molecule has 0 saturated heterocycles. The van der Waals surface area contributed by atoms with Crippen LogP contribution in [0.3, 0.4) is 0 Å². The molecular weight excluding hydrogens is 514 g/mol. The average Bonchev–Trinajstić information content (AvgIpc) is 2.93. The minimum absolute atomic E-state index is 0.121. The molecule has 0 unspecified atom stereocenters. The number of carbonyl (C=O) groups is 2. The lowest BCUT2D eigenvalue weighted by Gasteiger charge is -2.28. The molecule has 0 radical (unpaired) electrons. The standard InChI is InChI=1S/C32H38ClNO5/c1-5-32(31(36)37,39-6-2)19-24-11-17-29(18-12-24)38-22-30(35)34(21-26-9-15-28(33)16-10-26)20-25-7-13-27(14-8-25)23(3)4/h7-18,23H,5-6,19-22H2,1-4H3,(H,36,37)/t32-/m0/s1. The Morgan fingerprint density at radius 3 is 1.90 bits per heavy atom. The zero-order valence-electron chi connectivity index (χ0n) is 23.2. The number of carbonyl (C=O) groups excluding carboxylic acids is 1. The van der Waals surface area contributed by atoms with Gasteiger partial charge in [-0.05, 0) is 65.8 Å². The van der Waals surface area contributed by atoms with E-state index in [4.69, 9.17) is 21.1 Å². The summed E-state index contributed by atoms with van der Waals surface area (Å²) in [6.45, 7) is 8.98. The van der Waals surface area contributed by atoms with Crippen LogP contribution < -0.4 is 4.74 Å². The molecule has 208 valence electrons. The number of carboxylic acid groups (broad SMARTS) is 1. The van der Waals surface area contributed by atoms with Gasteiger partial charge in [-0.15, -0.1) is 0 Å². The zero-order valence-corrected chi connectivity index (χ0v) is 23.9. The van der Waals surface area contributed by atoms with Gasteiger partial charge in [0.2, 0.25) is 0 Å². The predicted octanol–water partition coefficient (Wildman–Crippen LogP) is 6.88. The number of benzene rings is 3. The van der Waals surface area contributed by atoms with Gasteiger partial charge in [0.1, 0.15) is 5.75 Å². The van der Waals surface area contributed by atoms with E-state index in [2.05, 4.69) is 38.1 Å². The van der Waals surface area contributed by atoms with Crippen molar-refractivity contribution < 1.29 is 24.2 Å². The van der Waals surface area contributed by atoms with Crippen LogP contribution in [0.15, 0.2) is 72.8 Å². The molecule has 0 aromatic heterocycles. The molecule has 0 fully saturated rings. The number of nitrogens with zero attached hydrogens (tertiary/aromatic N) is 1. The second-order valence-corrected chi connectivity index (χ2v) is 10.4. The normalized spacial score (nSPS) is 12.7. The fraction of sp³-hybridized carbons (Fsp3) is 0.375. The monoisotopic (exact) mass is 551 g/mol. The van der Waals surface area contributed by atoms with Crippen molar-refractivity contribution in [2.45, 2.75) is 65.1 Å². The maximum atomic E-state index is 13.3. The van der Waals surface area contributed by atoms with Crippen LogP contribution in [-0.2, 0) is 33.8 Å². The Morgan fingerprint density at radius 2 is 1.41 bits per heavy atom. The lowest BCUT2D eigenvalue weighted by molar-refractivity contribution is -0.166. The van der Waals surface area contributed by atoms with Crippen molar-refractivity contribution in [2.24, 2.45) is 0 Å². The number of aliphatic carboxylic acids is 1. The van der Waals surface area contributed by atoms with E-state index in [9.17, 15) is 14.7 Å². The number of ether oxygens (including phenoxy) is 2. The van der Waals surface area contributed by atoms with Crippen LogP contribution in [-0.4, -0.2) is 40.7 Å². The van der Waals surface area contributed by atoms with Crippen LogP contribution >= 0.6 is 11.6 Å². The van der Waals surface area contributed by atoms with Crippen molar-refractivity contribution in [2.75, 3.05) is 13.2 Å². The highest BCUT2D eigenvalue weighted by Gasteiger charge is 2.37. The van der Waals surface area contributed by atoms with Gasteiger partial charge in [0, 0.05) is 31.1 Å². The number of hydrogen-bond donors (Lipinski definition) is 1. The fourth-order valence-electron chi connectivity index (χ4n) is 4.38. The molecule has 1 atom stereocenters. The minimum Gasteiger partial charge on any atom is -0.484 e. The number of halogens is 1. The second kappa shape index (κ2) is 14.2. The molecule has 7 heteroatoms. The van der Waals surface area contributed by atoms with Crippen molar-refractivity contribution in [1.29, 1.82) is 0 Å². The van der Waals surface area contributed by atoms with Gasteiger partial charge in [-0.1, -0.05) is 80.9 Å². The fourth-order valence-corrected chi connectivity index (χ4v) is 4.51. The molecule has 3 rings (SSSR count). The van der Waals surface area contributed by atoms with Crippen LogP contribution in [0.5, 0.6) is 5.75 Å². The van der Waals surface area contributed by atoms with E-state index in [1.807, 2.05) is 36.4 Å². The maximum Gasteiger partial charge on any atom is 0.336 e. The van der Waals surface area contributed by atoms with Crippen LogP contribution in [0.4, 0.5) is 0 Å². The molecule has 0 aliphatic carbocycles. The molecule has 0 heterocycles. The maximum absolute atomic E-state index is 13.3. The third kappa shape index (κ3) is 8.57. The second-order valence-electron chi connectivity index (χ2n) is 9.97. The first-order valence-corrected chi connectivity index (χ1v) is 13.7. The van der Waals surface area contributed by atoms with Gasteiger partial charge in [-0.25, -0.2) is 4.79 Å². The highest BCUT2D eigenvalue weighted by atomic mass is 35.5. The Bertz CT molecular complexity index is 1210. The van der Waals surface area contributed by atoms with Crippen molar-refractivity contribution in [3.05, 3.63) is 100 Å². The topological polar surface area (TPSA) is 76.1 Å². The Morgan fingerprint density at radius 1 is 0.872 bits per heavy atom. The van der Waals surface area contributed by atoms with Crippen LogP contribution in [0, 0.1) is 0 Å². The number of hydrogen-bond acceptors (Lipinski definition) is 4. The van der Waals surface area contributed by atoms with Gasteiger partial charge in [-0.2, -0.15) is 0 Å². The van der Waals surface area contributed by atoms with Crippen molar-refractivity contribution in [3.63, 3.8) is 0 Å². The van der Waals surface area contributed by atoms with E-state index in [-0.39, 0.29) is 18.9 Å². The molecule has 0 spiro atoms. The zero-order chi connectivity index (χ0) is 28.4. The van der Waals surface area contributed by atoms with Gasteiger partial charge in [0.15, 0.2) is 12.2 Å². The van der Waals surface area contributed by atoms with Gasteiger partial charge in [-0.3, -0.25) is 4.79 Å². The first-order chi connectivity index (χ1) is 18.7. The Labute approximate surface area is 236 Å². The quantitative estimate of drug-likeness (QED) is 0.236. The third-order valence-corrected chi connectivity index (χ3v) is 7.07. The Hall–Kier alpha value is -3.35. The SMILES string of the molecule is CCO[C@@](CC)(Cc1ccc(OCC(=O)N(Cc2ccc(Cl)cc2)Cc2ccc(C(C)C)cc2)cc1)C(=O)O. The van der Waals surface area contributed by atoms with Crippen LogP contribution in [0.25, 0.3) is 0 Å². The molecule has 1 N–H and O–H groups in total. The summed E-state index contributed by atoms with van der Waals surface area (Å²) in [5.41, 5.74) is 2.83. The molecule has 39 heavy (non-hydrogen) atoms. The molecule has 6 nitrogen and oxygen atoms in total. The average molecular weight is 552 g/mol. The van der Waals surface area contributed by atoms with E-state index in [1.54, 1.807) is 30.9 Å². The first-order valence-electron chi connectivity index (χ1n) is 13.4. The summed E-state index contributed by atoms with van der Waals surface area (Å²) in [7, 11) is 0. The lowest BCUT2D eigenvalue weighted by Crippen LogP contribution is -2.43. The largest absolute Gasteiger partial charge is 0.484 e. The number of rotatable bonds is 14. The highest BCUT2D eigenvalue weighted by Crippen LogP contribution is 2.24. The van der Waals surface area contributed by atoms with E-state index in [0.717, 1.165) is 16.7 Å². The summed E-state index contributed by atoms with van der Waals surface area (Å²) in [5, 5.41) is 10.4. The molecule has 0 aliphatic rings. The van der Waals surface area contributed by atoms with Gasteiger partial charge in [0.05, 0.1) is 0 Å². The predicted molar refractivity (Wildman–Crippen MR) is 154 cm³/mol. The summed E-state index contributed by atoms with van der Waals surface area (Å²) in [6, 6.07) is 22.9. The van der Waals surface area contributed by atoms with E-state index in [0.29, 0.717) is 42.8 Å². The first kappa shape index (κ1) is 30.2. The van der Waals surface area contributed by atoms with E-state index >= 15 is 0 Å². The van der Waals surface area contributed by atoms with Gasteiger partial charge in [0.25, 0.3) is 5.91 Å². The van der Waals surface area contributed by atoms with Crippen molar-refractivity contribution in [3.8, 4) is 5.75 Å². The molecule has 3 aromatic rings. The number of amides is 1. The molecule has 0 aliphatic heterocycles. The van der Waals surface area contributed by atoms with Crippen LogP contribution in [0.2, 0.25) is 5.02 Å². The summed E-state index contributed by atoms with van der Waals surface area (Å²) < 4.78 is 11.5.